The molecule has 20 nitrogen and oxygen atoms in total. The SMILES string of the molecule is COCOc1cc(-c2ncc3c(N4CC5CCC(C4)N5C(=O)OC(C)(C)C)nc(OCC4(CN5CCC6(CCC(OCC(=O)N[C@H](C(=O)N7C[C@H](O)C[C@H]7C(=O)N[C@@H](CO)c7ccc(-c8ccccc8Cl)cc7)C(C)(C)C)CC6)CC5)CC4)nc3c2F)c2c(C)c(F)ccc2c1. The van der Waals surface area contributed by atoms with Gasteiger partial charge in [0.25, 0.3) is 0 Å². The van der Waals surface area contributed by atoms with E-state index in [4.69, 9.17) is 50.2 Å². The number of benzene rings is 4. The summed E-state index contributed by atoms with van der Waals surface area (Å²) in [6.07, 6.45) is 9.12. The van der Waals surface area contributed by atoms with E-state index < -0.39 is 71.2 Å². The molecule has 6 aromatic rings. The third-order valence-corrected chi connectivity index (χ3v) is 20.9. The summed E-state index contributed by atoms with van der Waals surface area (Å²) in [6, 6.07) is 18.1. The summed E-state index contributed by atoms with van der Waals surface area (Å²) in [4.78, 5) is 78.1. The molecule has 4 N–H and O–H groups in total. The van der Waals surface area contributed by atoms with Crippen molar-refractivity contribution in [1.29, 1.82) is 0 Å². The number of aryl methyl sites for hydroxylation is 1. The summed E-state index contributed by atoms with van der Waals surface area (Å²) in [6.45, 7) is 15.8. The number of carbonyl (C=O) groups is 4. The number of piperazine rings is 1. The molecule has 4 aromatic carbocycles. The molecule has 4 amide bonds. The van der Waals surface area contributed by atoms with Gasteiger partial charge in [0.1, 0.15) is 52.9 Å². The standard InChI is InChI=1S/C73H90ClF2N9O11/c1-43-56(75)20-17-46-31-51(95-42-92-8)33-53(60(43)46)62-61(76)63-54(34-77-62)65(83-35-47-18-19-48(36-83)85(47)69(91)96-71(5,6)7)81-68(80-63)94-41-73(25-26-73)40-82-29-27-72(28-30-82)23-21-50(22-24-72)93-39-59(88)79-64(70(2,3)4)67(90)84-37-49(87)32-58(84)66(89)78-57(38-86)45-15-13-44(14-16-45)52-11-9-10-12-55(52)74/h9-17,20,31,33-34,47-50,57-58,64,86-87H,18-19,21-30,32,35-42H2,1-8H3,(H,78,89)(H,79,88)/t47?,48?,49-,57+,58+,64-/m1/s1. The lowest BCUT2D eigenvalue weighted by molar-refractivity contribution is -0.145. The van der Waals surface area contributed by atoms with E-state index in [0.29, 0.717) is 69.1 Å². The Bertz CT molecular complexity index is 3850. The van der Waals surface area contributed by atoms with Crippen molar-refractivity contribution in [2.75, 3.05) is 77.9 Å². The van der Waals surface area contributed by atoms with Crippen molar-refractivity contribution >= 4 is 62.9 Å². The molecule has 4 aliphatic heterocycles. The van der Waals surface area contributed by atoms with E-state index in [1.54, 1.807) is 49.5 Å². The molecule has 2 saturated carbocycles. The van der Waals surface area contributed by atoms with Gasteiger partial charge in [-0.1, -0.05) is 80.9 Å². The molecule has 6 atom stereocenters. The molecule has 2 aromatic heterocycles. The minimum Gasteiger partial charge on any atom is -0.468 e. The number of rotatable bonds is 20. The Hall–Kier alpha value is -7.34. The van der Waals surface area contributed by atoms with Gasteiger partial charge < -0.3 is 59.2 Å². The van der Waals surface area contributed by atoms with Crippen molar-refractivity contribution in [2.24, 2.45) is 16.2 Å². The van der Waals surface area contributed by atoms with Crippen molar-refractivity contribution in [1.82, 2.24) is 40.3 Å². The number of amides is 4. The minimum atomic E-state index is -1.04. The Morgan fingerprint density at radius 2 is 1.54 bits per heavy atom. The number of aliphatic hydroxyl groups excluding tert-OH is 2. The number of piperidine rings is 1. The quantitative estimate of drug-likeness (QED) is 0.0521. The fourth-order valence-corrected chi connectivity index (χ4v) is 15.3. The van der Waals surface area contributed by atoms with Crippen molar-refractivity contribution in [2.45, 2.75) is 167 Å². The van der Waals surface area contributed by atoms with Crippen LogP contribution in [-0.2, 0) is 28.6 Å². The summed E-state index contributed by atoms with van der Waals surface area (Å²) in [5.74, 6) is -1.78. The van der Waals surface area contributed by atoms with Crippen molar-refractivity contribution in [3.05, 3.63) is 107 Å². The molecule has 12 rings (SSSR count). The van der Waals surface area contributed by atoms with Crippen LogP contribution in [0.3, 0.4) is 0 Å². The molecular weight excluding hydrogens is 1250 g/mol. The number of hydrogen-bond acceptors (Lipinski definition) is 16. The molecule has 23 heteroatoms. The van der Waals surface area contributed by atoms with Crippen LogP contribution in [0.2, 0.25) is 5.02 Å². The Kier molecular flexibility index (Phi) is 19.9. The predicted molar refractivity (Wildman–Crippen MR) is 360 cm³/mol. The number of hydrogen-bond donors (Lipinski definition) is 4. The van der Waals surface area contributed by atoms with E-state index >= 15 is 8.78 Å². The van der Waals surface area contributed by atoms with E-state index in [1.807, 2.05) is 76.8 Å². The maximum atomic E-state index is 17.7. The minimum absolute atomic E-state index is 0.00181. The van der Waals surface area contributed by atoms with Gasteiger partial charge in [-0.05, 0) is 168 Å². The monoisotopic (exact) mass is 1340 g/mol. The lowest BCUT2D eigenvalue weighted by atomic mass is 9.67. The topological polar surface area (TPSA) is 231 Å². The van der Waals surface area contributed by atoms with E-state index in [2.05, 4.69) is 20.4 Å². The van der Waals surface area contributed by atoms with E-state index in [1.165, 1.54) is 18.1 Å². The zero-order valence-electron chi connectivity index (χ0n) is 56.2. The summed E-state index contributed by atoms with van der Waals surface area (Å²) in [5, 5.41) is 29.2. The van der Waals surface area contributed by atoms with Crippen LogP contribution in [0.4, 0.5) is 19.4 Å². The number of carbonyl (C=O) groups excluding carboxylic acids is 4. The van der Waals surface area contributed by atoms with Crippen molar-refractivity contribution in [3.63, 3.8) is 0 Å². The number of nitrogens with one attached hydrogen (secondary N) is 2. The van der Waals surface area contributed by atoms with Gasteiger partial charge in [-0.3, -0.25) is 24.3 Å². The van der Waals surface area contributed by atoms with Gasteiger partial charge in [0.15, 0.2) is 12.6 Å². The van der Waals surface area contributed by atoms with Crippen LogP contribution < -0.4 is 25.0 Å². The number of aliphatic hydroxyl groups is 2. The summed E-state index contributed by atoms with van der Waals surface area (Å²) >= 11 is 6.43. The van der Waals surface area contributed by atoms with Gasteiger partial charge >= 0.3 is 12.1 Å². The van der Waals surface area contributed by atoms with Gasteiger partial charge in [0.05, 0.1) is 48.9 Å². The van der Waals surface area contributed by atoms with Crippen LogP contribution >= 0.6 is 11.6 Å². The smallest absolute Gasteiger partial charge is 0.410 e. The number of likely N-dealkylation sites (tertiary alicyclic amines) is 2. The van der Waals surface area contributed by atoms with Gasteiger partial charge in [-0.2, -0.15) is 9.97 Å². The molecule has 2 bridgehead atoms. The summed E-state index contributed by atoms with van der Waals surface area (Å²) in [5.41, 5.74) is 1.56. The number of halogens is 3. The number of pyridine rings is 1. The first-order chi connectivity index (χ1) is 45.8. The normalized spacial score (nSPS) is 21.7. The number of ether oxygens (including phenoxy) is 5. The maximum absolute atomic E-state index is 17.7. The molecule has 6 aliphatic rings. The molecule has 2 unspecified atom stereocenters. The number of aromatic nitrogens is 3. The lowest BCUT2D eigenvalue weighted by Crippen LogP contribution is -2.58. The van der Waals surface area contributed by atoms with Crippen molar-refractivity contribution in [3.8, 4) is 34.1 Å². The van der Waals surface area contributed by atoms with Gasteiger partial charge in [-0.15, -0.1) is 0 Å². The number of methoxy groups -OCH3 is 1. The highest BCUT2D eigenvalue weighted by Gasteiger charge is 2.49. The van der Waals surface area contributed by atoms with E-state index in [-0.39, 0.29) is 78.7 Å². The van der Waals surface area contributed by atoms with Crippen LogP contribution in [0.5, 0.6) is 11.8 Å². The van der Waals surface area contributed by atoms with Crippen molar-refractivity contribution < 1.29 is 61.9 Å². The summed E-state index contributed by atoms with van der Waals surface area (Å²) in [7, 11) is 1.50. The Labute approximate surface area is 564 Å². The molecule has 0 radical (unpaired) electrons. The zero-order valence-corrected chi connectivity index (χ0v) is 57.0. The van der Waals surface area contributed by atoms with Crippen LogP contribution in [0.1, 0.15) is 129 Å². The average molecular weight is 1340 g/mol. The summed E-state index contributed by atoms with van der Waals surface area (Å²) < 4.78 is 62.9. The van der Waals surface area contributed by atoms with Gasteiger partial charge in [-0.25, -0.2) is 13.6 Å². The molecule has 514 valence electrons. The third kappa shape index (κ3) is 14.9. The van der Waals surface area contributed by atoms with Gasteiger partial charge in [0.2, 0.25) is 17.7 Å². The highest BCUT2D eigenvalue weighted by Crippen LogP contribution is 2.50. The zero-order chi connectivity index (χ0) is 68.0. The van der Waals surface area contributed by atoms with E-state index in [9.17, 15) is 29.4 Å². The second-order valence-electron chi connectivity index (χ2n) is 29.7. The number of anilines is 1. The van der Waals surface area contributed by atoms with Crippen LogP contribution in [0.15, 0.2) is 79.0 Å². The fraction of sp³-hybridized carbons (Fsp3) is 0.548. The first kappa shape index (κ1) is 68.6. The Morgan fingerprint density at radius 3 is 2.20 bits per heavy atom. The first-order valence-corrected chi connectivity index (χ1v) is 34.2. The number of nitrogens with zero attached hydrogens (tertiary/aromatic N) is 7. The molecular formula is C73H90ClF2N9O11. The molecule has 4 saturated heterocycles. The lowest BCUT2D eigenvalue weighted by Gasteiger charge is -2.46. The molecule has 1 spiro atoms. The van der Waals surface area contributed by atoms with E-state index in [0.717, 1.165) is 95.0 Å². The van der Waals surface area contributed by atoms with Crippen LogP contribution in [0, 0.1) is 34.8 Å². The number of β-amino-alcohol motifs (C(OH)–C–C–N with tert-alkyl or cyclic N) is 1. The molecule has 96 heavy (non-hydrogen) atoms. The first-order valence-electron chi connectivity index (χ1n) is 33.8. The van der Waals surface area contributed by atoms with Crippen LogP contribution in [-0.4, -0.2) is 179 Å². The van der Waals surface area contributed by atoms with Gasteiger partial charge in [0, 0.05) is 67.5 Å². The fourth-order valence-electron chi connectivity index (χ4n) is 15.1. The molecule has 6 fully saturated rings. The molecule has 6 heterocycles. The second kappa shape index (κ2) is 27.9. The largest absolute Gasteiger partial charge is 0.468 e. The Balaban J connectivity index is 0.662. The Morgan fingerprint density at radius 1 is 0.833 bits per heavy atom. The van der Waals surface area contributed by atoms with Crippen LogP contribution in [0.25, 0.3) is 44.1 Å². The predicted octanol–water partition coefficient (Wildman–Crippen LogP) is 10.9. The highest BCUT2D eigenvalue weighted by molar-refractivity contribution is 6.33. The third-order valence-electron chi connectivity index (χ3n) is 20.6. The maximum Gasteiger partial charge on any atom is 0.410 e. The average Bonchev–Trinajstić information content (AvgIpc) is 1.09. The number of fused-ring (bicyclic) bond motifs is 4. The second-order valence-corrected chi connectivity index (χ2v) is 30.1. The molecule has 2 aliphatic carbocycles. The highest BCUT2D eigenvalue weighted by atomic mass is 35.5.